The summed E-state index contributed by atoms with van der Waals surface area (Å²) >= 11 is 0. The van der Waals surface area contributed by atoms with Gasteiger partial charge in [0.1, 0.15) is 19.0 Å². The van der Waals surface area contributed by atoms with Crippen LogP contribution in [0.3, 0.4) is 0 Å². The summed E-state index contributed by atoms with van der Waals surface area (Å²) in [6.45, 7) is 0.588. The molecule has 13 nitrogen and oxygen atoms in total. The van der Waals surface area contributed by atoms with E-state index in [1.165, 1.54) is 24.3 Å². The number of carbonyl (C=O) groups is 3. The molecule has 0 bridgehead atoms. The van der Waals surface area contributed by atoms with Crippen molar-refractivity contribution in [1.82, 2.24) is 10.8 Å². The van der Waals surface area contributed by atoms with Gasteiger partial charge in [-0.05, 0) is 30.7 Å². The molecule has 35 heavy (non-hydrogen) atoms. The molecule has 0 saturated heterocycles. The highest BCUT2D eigenvalue weighted by atomic mass is 19.4. The number of hydroxylamine groups is 1. The molecule has 2 amide bonds. The molecule has 0 saturated carbocycles. The summed E-state index contributed by atoms with van der Waals surface area (Å²) in [6, 6.07) is 5.75. The van der Waals surface area contributed by atoms with Crippen molar-refractivity contribution in [1.29, 1.82) is 0 Å². The van der Waals surface area contributed by atoms with Crippen LogP contribution in [0.1, 0.15) is 17.3 Å². The number of nitrogens with zero attached hydrogens (tertiary/aromatic N) is 3. The Balaban J connectivity index is 2.41. The number of hydrogen-bond acceptors (Lipinski definition) is 9. The number of ether oxygens (including phenoxy) is 4. The van der Waals surface area contributed by atoms with Crippen molar-refractivity contribution < 1.29 is 51.3 Å². The Morgan fingerprint density at radius 1 is 1.20 bits per heavy atom. The van der Waals surface area contributed by atoms with Gasteiger partial charge in [-0.2, -0.15) is 13.2 Å². The monoisotopic (exact) mass is 507 g/mol. The summed E-state index contributed by atoms with van der Waals surface area (Å²) in [5.41, 5.74) is 10.8. The molecular formula is C19H24F3N5O8. The zero-order valence-corrected chi connectivity index (χ0v) is 18.6. The number of esters is 1. The third-order valence-corrected chi connectivity index (χ3v) is 3.64. The maximum Gasteiger partial charge on any atom is 0.471 e. The molecule has 0 aliphatic rings. The van der Waals surface area contributed by atoms with Gasteiger partial charge in [0.05, 0.1) is 26.4 Å². The molecule has 1 unspecified atom stereocenters. The van der Waals surface area contributed by atoms with E-state index in [-0.39, 0.29) is 44.3 Å². The number of benzene rings is 1. The highest BCUT2D eigenvalue weighted by Crippen LogP contribution is 2.15. The van der Waals surface area contributed by atoms with Gasteiger partial charge in [0, 0.05) is 17.0 Å². The molecule has 0 heterocycles. The van der Waals surface area contributed by atoms with Crippen LogP contribution in [-0.4, -0.2) is 76.4 Å². The van der Waals surface area contributed by atoms with Gasteiger partial charge in [0.2, 0.25) is 0 Å². The van der Waals surface area contributed by atoms with Crippen LogP contribution in [0.15, 0.2) is 29.4 Å². The molecule has 0 aliphatic heterocycles. The number of hydrogen-bond donors (Lipinski definition) is 2. The molecule has 0 radical (unpaired) electrons. The van der Waals surface area contributed by atoms with E-state index in [1.807, 2.05) is 5.48 Å². The summed E-state index contributed by atoms with van der Waals surface area (Å²) in [6.07, 6.45) is -6.04. The van der Waals surface area contributed by atoms with Gasteiger partial charge in [0.25, 0.3) is 5.91 Å². The fourth-order valence-electron chi connectivity index (χ4n) is 2.16. The average Bonchev–Trinajstić information content (AvgIpc) is 2.81. The molecule has 1 rings (SSSR count). The number of nitrogens with one attached hydrogen (secondary N) is 2. The molecule has 0 aliphatic carbocycles. The maximum absolute atomic E-state index is 12.1. The van der Waals surface area contributed by atoms with E-state index in [1.54, 1.807) is 12.2 Å². The van der Waals surface area contributed by atoms with Gasteiger partial charge in [-0.25, -0.2) is 10.3 Å². The zero-order valence-electron chi connectivity index (χ0n) is 18.6. The Morgan fingerprint density at radius 2 is 1.97 bits per heavy atom. The van der Waals surface area contributed by atoms with E-state index in [0.29, 0.717) is 0 Å². The van der Waals surface area contributed by atoms with Gasteiger partial charge < -0.3 is 24.3 Å². The quantitative estimate of drug-likeness (QED) is 0.0849. The van der Waals surface area contributed by atoms with E-state index < -0.39 is 43.3 Å². The smallest absolute Gasteiger partial charge is 0.471 e. The third-order valence-electron chi connectivity index (χ3n) is 3.64. The second-order valence-corrected chi connectivity index (χ2v) is 6.26. The summed E-state index contributed by atoms with van der Waals surface area (Å²) in [7, 11) is 0. The van der Waals surface area contributed by atoms with Crippen LogP contribution in [0, 0.1) is 0 Å². The van der Waals surface area contributed by atoms with Gasteiger partial charge in [0.15, 0.2) is 6.23 Å². The Bertz CT molecular complexity index is 880. The maximum atomic E-state index is 12.1. The van der Waals surface area contributed by atoms with Crippen molar-refractivity contribution in [2.45, 2.75) is 19.3 Å². The summed E-state index contributed by atoms with van der Waals surface area (Å²) < 4.78 is 56.7. The van der Waals surface area contributed by atoms with Crippen molar-refractivity contribution in [2.75, 3.05) is 46.2 Å². The van der Waals surface area contributed by atoms with Crippen molar-refractivity contribution in [2.24, 2.45) is 5.11 Å². The Labute approximate surface area is 197 Å². The predicted molar refractivity (Wildman–Crippen MR) is 111 cm³/mol. The predicted octanol–water partition coefficient (Wildman–Crippen LogP) is 1.64. The fourth-order valence-corrected chi connectivity index (χ4v) is 2.16. The molecule has 1 atom stereocenters. The van der Waals surface area contributed by atoms with E-state index in [2.05, 4.69) is 10.0 Å². The van der Waals surface area contributed by atoms with Gasteiger partial charge in [-0.1, -0.05) is 11.2 Å². The van der Waals surface area contributed by atoms with Crippen LogP contribution in [0.4, 0.5) is 13.2 Å². The van der Waals surface area contributed by atoms with Crippen molar-refractivity contribution in [3.05, 3.63) is 40.3 Å². The standard InChI is InChI=1S/C19H24F3N5O8/c1-2-32-16(28)12-31-8-9-33-15(25-27-23)11-34-14-5-3-4-13(10-14)17(29)26-35-7-6-24-18(30)19(20,21)22/h3-5,10,15H,2,6-9,11-12H2,1H3,(H,24,30)(H,26,29). The van der Waals surface area contributed by atoms with Gasteiger partial charge >= 0.3 is 18.1 Å². The highest BCUT2D eigenvalue weighted by molar-refractivity contribution is 5.93. The Hall–Kier alpha value is -3.59. The summed E-state index contributed by atoms with van der Waals surface area (Å²) in [4.78, 5) is 41.3. The number of halogens is 3. The lowest BCUT2D eigenvalue weighted by molar-refractivity contribution is -0.173. The number of rotatable bonds is 16. The number of azide groups is 1. The van der Waals surface area contributed by atoms with Crippen LogP contribution < -0.4 is 15.5 Å². The SMILES string of the molecule is CCOC(=O)COCCOC(COc1cccc(C(=O)NOCCNC(=O)C(F)(F)F)c1)N=[N+]=[N-]. The van der Waals surface area contributed by atoms with Crippen LogP contribution >= 0.6 is 0 Å². The van der Waals surface area contributed by atoms with Crippen LogP contribution in [0.2, 0.25) is 0 Å². The number of carbonyl (C=O) groups excluding carboxylic acids is 3. The topological polar surface area (TPSA) is 170 Å². The van der Waals surface area contributed by atoms with Crippen LogP contribution in [0.5, 0.6) is 5.75 Å². The lowest BCUT2D eigenvalue weighted by atomic mass is 10.2. The summed E-state index contributed by atoms with van der Waals surface area (Å²) in [5, 5.41) is 5.01. The molecule has 2 N–H and O–H groups in total. The molecule has 1 aromatic carbocycles. The number of alkyl halides is 3. The minimum Gasteiger partial charge on any atom is -0.491 e. The van der Waals surface area contributed by atoms with Crippen LogP contribution in [-0.2, 0) is 28.6 Å². The first-order valence-electron chi connectivity index (χ1n) is 10.1. The molecular weight excluding hydrogens is 483 g/mol. The normalized spacial score (nSPS) is 11.7. The molecule has 0 spiro atoms. The molecule has 0 fully saturated rings. The molecule has 194 valence electrons. The first-order chi connectivity index (χ1) is 16.7. The van der Waals surface area contributed by atoms with E-state index in [4.69, 9.17) is 29.3 Å². The molecule has 0 aromatic heterocycles. The van der Waals surface area contributed by atoms with Gasteiger partial charge in [-0.15, -0.1) is 0 Å². The minimum absolute atomic E-state index is 0.00430. The number of amides is 2. The second-order valence-electron chi connectivity index (χ2n) is 6.26. The van der Waals surface area contributed by atoms with E-state index >= 15 is 0 Å². The van der Waals surface area contributed by atoms with E-state index in [9.17, 15) is 27.6 Å². The average molecular weight is 507 g/mol. The minimum atomic E-state index is -5.01. The first kappa shape index (κ1) is 29.4. The zero-order chi connectivity index (χ0) is 26.1. The third kappa shape index (κ3) is 13.0. The van der Waals surface area contributed by atoms with Crippen molar-refractivity contribution in [3.8, 4) is 5.75 Å². The van der Waals surface area contributed by atoms with Crippen molar-refractivity contribution in [3.63, 3.8) is 0 Å². The fraction of sp³-hybridized carbons (Fsp3) is 0.526. The largest absolute Gasteiger partial charge is 0.491 e. The van der Waals surface area contributed by atoms with E-state index in [0.717, 1.165) is 0 Å². The second kappa shape index (κ2) is 16.1. The summed E-state index contributed by atoms with van der Waals surface area (Å²) in [5.74, 6) is -3.15. The lowest BCUT2D eigenvalue weighted by Crippen LogP contribution is -2.39. The lowest BCUT2D eigenvalue weighted by Gasteiger charge is -2.14. The first-order valence-corrected chi connectivity index (χ1v) is 10.1. The van der Waals surface area contributed by atoms with Crippen molar-refractivity contribution >= 4 is 17.8 Å². The Kier molecular flexibility index (Phi) is 13.5. The highest BCUT2D eigenvalue weighted by Gasteiger charge is 2.38. The van der Waals surface area contributed by atoms with Crippen LogP contribution in [0.25, 0.3) is 10.4 Å². The molecule has 16 heteroatoms. The molecule has 1 aromatic rings. The van der Waals surface area contributed by atoms with Gasteiger partial charge in [-0.3, -0.25) is 14.4 Å². The Morgan fingerprint density at radius 3 is 2.66 bits per heavy atom.